The lowest BCUT2D eigenvalue weighted by Gasteiger charge is -2.17. The maximum absolute atomic E-state index is 12.8. The molecule has 0 radical (unpaired) electrons. The van der Waals surface area contributed by atoms with E-state index in [1.54, 1.807) is 41.6 Å². The Labute approximate surface area is 161 Å². The smallest absolute Gasteiger partial charge is 0.261 e. The van der Waals surface area contributed by atoms with Crippen molar-refractivity contribution in [2.45, 2.75) is 12.3 Å². The summed E-state index contributed by atoms with van der Waals surface area (Å²) in [5.74, 6) is -0.0510. The third-order valence-corrected chi connectivity index (χ3v) is 5.30. The van der Waals surface area contributed by atoms with Crippen LogP contribution in [0, 0.1) is 0 Å². The molecule has 1 N–H and O–H groups in total. The van der Waals surface area contributed by atoms with Crippen LogP contribution in [0.5, 0.6) is 0 Å². The van der Waals surface area contributed by atoms with Crippen LogP contribution >= 0.6 is 11.6 Å². The van der Waals surface area contributed by atoms with Gasteiger partial charge in [0.15, 0.2) is 0 Å². The van der Waals surface area contributed by atoms with Crippen LogP contribution in [0.15, 0.2) is 65.7 Å². The van der Waals surface area contributed by atoms with E-state index in [9.17, 15) is 9.59 Å². The zero-order valence-corrected chi connectivity index (χ0v) is 15.3. The fourth-order valence-electron chi connectivity index (χ4n) is 3.52. The van der Waals surface area contributed by atoms with Gasteiger partial charge in [0, 0.05) is 47.7 Å². The van der Waals surface area contributed by atoms with Crippen LogP contribution in [-0.2, 0) is 0 Å². The molecule has 136 valence electrons. The topological polar surface area (TPSA) is 66.1 Å². The lowest BCUT2D eigenvalue weighted by Crippen LogP contribution is -2.33. The van der Waals surface area contributed by atoms with E-state index in [4.69, 9.17) is 11.6 Å². The summed E-state index contributed by atoms with van der Waals surface area (Å²) in [7, 11) is 0. The van der Waals surface area contributed by atoms with Crippen LogP contribution in [0.3, 0.4) is 0 Å². The zero-order valence-electron chi connectivity index (χ0n) is 14.6. The SMILES string of the molecule is O=C(c1ccc(-c2ccncc2)[nH]c1=O)N1CC[C@H](c2ccccc2Cl)C1. The number of aromatic amines is 1. The lowest BCUT2D eigenvalue weighted by molar-refractivity contribution is 0.0789. The maximum atomic E-state index is 12.8. The van der Waals surface area contributed by atoms with Crippen molar-refractivity contribution in [3.05, 3.63) is 87.4 Å². The van der Waals surface area contributed by atoms with E-state index in [1.807, 2.05) is 24.3 Å². The molecule has 0 aliphatic carbocycles. The summed E-state index contributed by atoms with van der Waals surface area (Å²) >= 11 is 6.29. The van der Waals surface area contributed by atoms with Gasteiger partial charge in [0.25, 0.3) is 11.5 Å². The highest BCUT2D eigenvalue weighted by atomic mass is 35.5. The molecule has 1 amide bonds. The number of nitrogens with one attached hydrogen (secondary N) is 1. The number of aromatic nitrogens is 2. The van der Waals surface area contributed by atoms with Crippen LogP contribution in [-0.4, -0.2) is 33.9 Å². The number of hydrogen-bond donors (Lipinski definition) is 1. The van der Waals surface area contributed by atoms with Gasteiger partial charge in [0.05, 0.1) is 0 Å². The first-order valence-electron chi connectivity index (χ1n) is 8.81. The summed E-state index contributed by atoms with van der Waals surface area (Å²) in [6.45, 7) is 1.17. The maximum Gasteiger partial charge on any atom is 0.261 e. The zero-order chi connectivity index (χ0) is 18.8. The Morgan fingerprint density at radius 3 is 2.63 bits per heavy atom. The summed E-state index contributed by atoms with van der Waals surface area (Å²) in [6, 6.07) is 14.7. The van der Waals surface area contributed by atoms with Gasteiger partial charge in [-0.3, -0.25) is 14.6 Å². The normalized spacial score (nSPS) is 16.5. The van der Waals surface area contributed by atoms with Crippen LogP contribution in [0.4, 0.5) is 0 Å². The molecule has 1 aliphatic rings. The standard InChI is InChI=1S/C21H18ClN3O2/c22-18-4-2-1-3-16(18)15-9-12-25(13-15)21(27)17-5-6-19(24-20(17)26)14-7-10-23-11-8-14/h1-8,10-11,15H,9,12-13H2,(H,24,26)/t15-/m0/s1. The van der Waals surface area contributed by atoms with E-state index in [2.05, 4.69) is 9.97 Å². The second-order valence-corrected chi connectivity index (χ2v) is 7.02. The van der Waals surface area contributed by atoms with E-state index in [0.717, 1.165) is 22.6 Å². The molecule has 3 aromatic rings. The minimum absolute atomic E-state index is 0.160. The lowest BCUT2D eigenvalue weighted by atomic mass is 9.98. The average molecular weight is 380 g/mol. The summed E-state index contributed by atoms with van der Waals surface area (Å²) in [5, 5.41) is 0.719. The Morgan fingerprint density at radius 2 is 1.89 bits per heavy atom. The number of halogens is 1. The molecule has 0 spiro atoms. The van der Waals surface area contributed by atoms with Gasteiger partial charge in [-0.05, 0) is 42.3 Å². The largest absolute Gasteiger partial charge is 0.338 e. The average Bonchev–Trinajstić information content (AvgIpc) is 3.18. The van der Waals surface area contributed by atoms with Gasteiger partial charge < -0.3 is 9.88 Å². The van der Waals surface area contributed by atoms with E-state index in [-0.39, 0.29) is 22.9 Å². The van der Waals surface area contributed by atoms with Crippen molar-refractivity contribution in [2.75, 3.05) is 13.1 Å². The highest BCUT2D eigenvalue weighted by molar-refractivity contribution is 6.31. The highest BCUT2D eigenvalue weighted by Gasteiger charge is 2.30. The highest BCUT2D eigenvalue weighted by Crippen LogP contribution is 2.32. The van der Waals surface area contributed by atoms with Crippen molar-refractivity contribution in [1.29, 1.82) is 0 Å². The molecule has 0 saturated carbocycles. The number of nitrogens with zero attached hydrogens (tertiary/aromatic N) is 2. The molecule has 1 fully saturated rings. The van der Waals surface area contributed by atoms with Gasteiger partial charge >= 0.3 is 0 Å². The quantitative estimate of drug-likeness (QED) is 0.754. The number of carbonyl (C=O) groups is 1. The molecule has 1 atom stereocenters. The van der Waals surface area contributed by atoms with Crippen molar-refractivity contribution in [1.82, 2.24) is 14.9 Å². The Bertz CT molecular complexity index is 1030. The molecule has 1 aromatic carbocycles. The minimum Gasteiger partial charge on any atom is -0.338 e. The number of likely N-dealkylation sites (tertiary alicyclic amines) is 1. The van der Waals surface area contributed by atoms with Crippen molar-refractivity contribution >= 4 is 17.5 Å². The fraction of sp³-hybridized carbons (Fsp3) is 0.190. The van der Waals surface area contributed by atoms with Crippen LogP contribution < -0.4 is 5.56 Å². The molecular formula is C21H18ClN3O2. The van der Waals surface area contributed by atoms with Crippen LogP contribution in [0.25, 0.3) is 11.3 Å². The molecule has 2 aromatic heterocycles. The molecule has 1 saturated heterocycles. The molecule has 3 heterocycles. The van der Waals surface area contributed by atoms with Crippen LogP contribution in [0.2, 0.25) is 5.02 Å². The summed E-state index contributed by atoms with van der Waals surface area (Å²) in [6.07, 6.45) is 4.15. The Morgan fingerprint density at radius 1 is 1.11 bits per heavy atom. The predicted octanol–water partition coefficient (Wildman–Crippen LogP) is 3.72. The second kappa shape index (κ2) is 7.37. The van der Waals surface area contributed by atoms with Gasteiger partial charge in [0.2, 0.25) is 0 Å². The first-order valence-corrected chi connectivity index (χ1v) is 9.18. The molecule has 4 rings (SSSR count). The van der Waals surface area contributed by atoms with Gasteiger partial charge in [-0.25, -0.2) is 0 Å². The van der Waals surface area contributed by atoms with Crippen molar-refractivity contribution in [3.8, 4) is 11.3 Å². The summed E-state index contributed by atoms with van der Waals surface area (Å²) in [5.41, 5.74) is 2.34. The molecule has 6 heteroatoms. The molecule has 0 unspecified atom stereocenters. The number of amides is 1. The van der Waals surface area contributed by atoms with Crippen LogP contribution in [0.1, 0.15) is 28.3 Å². The second-order valence-electron chi connectivity index (χ2n) is 6.61. The molecule has 0 bridgehead atoms. The molecular weight excluding hydrogens is 362 g/mol. The van der Waals surface area contributed by atoms with Gasteiger partial charge in [-0.1, -0.05) is 29.8 Å². The Hall–Kier alpha value is -2.92. The third-order valence-electron chi connectivity index (χ3n) is 4.95. The first-order chi connectivity index (χ1) is 13.1. The summed E-state index contributed by atoms with van der Waals surface area (Å²) in [4.78, 5) is 33.8. The van der Waals surface area contributed by atoms with Gasteiger partial charge in [-0.2, -0.15) is 0 Å². The number of hydrogen-bond acceptors (Lipinski definition) is 3. The number of benzene rings is 1. The Balaban J connectivity index is 1.54. The van der Waals surface area contributed by atoms with Crippen molar-refractivity contribution < 1.29 is 4.79 Å². The minimum atomic E-state index is -0.379. The van der Waals surface area contributed by atoms with E-state index in [1.165, 1.54) is 0 Å². The number of carbonyl (C=O) groups excluding carboxylic acids is 1. The van der Waals surface area contributed by atoms with Crippen molar-refractivity contribution in [2.24, 2.45) is 0 Å². The van der Waals surface area contributed by atoms with E-state index < -0.39 is 0 Å². The molecule has 1 aliphatic heterocycles. The van der Waals surface area contributed by atoms with E-state index in [0.29, 0.717) is 18.8 Å². The van der Waals surface area contributed by atoms with Gasteiger partial charge in [-0.15, -0.1) is 0 Å². The Kier molecular flexibility index (Phi) is 4.77. The monoisotopic (exact) mass is 379 g/mol. The molecule has 27 heavy (non-hydrogen) atoms. The van der Waals surface area contributed by atoms with Crippen molar-refractivity contribution in [3.63, 3.8) is 0 Å². The fourth-order valence-corrected chi connectivity index (χ4v) is 3.81. The van der Waals surface area contributed by atoms with Gasteiger partial charge in [0.1, 0.15) is 5.56 Å². The summed E-state index contributed by atoms with van der Waals surface area (Å²) < 4.78 is 0. The number of H-pyrrole nitrogens is 1. The third kappa shape index (κ3) is 3.51. The number of pyridine rings is 2. The number of rotatable bonds is 3. The molecule has 5 nitrogen and oxygen atoms in total. The predicted molar refractivity (Wildman–Crippen MR) is 105 cm³/mol. The van der Waals surface area contributed by atoms with E-state index >= 15 is 0 Å². The first kappa shape index (κ1) is 17.5.